The van der Waals surface area contributed by atoms with E-state index in [0.29, 0.717) is 0 Å². The van der Waals surface area contributed by atoms with E-state index < -0.39 is 5.60 Å². The van der Waals surface area contributed by atoms with Crippen LogP contribution in [0.25, 0.3) is 5.57 Å². The van der Waals surface area contributed by atoms with Crippen molar-refractivity contribution in [3.8, 4) is 0 Å². The maximum absolute atomic E-state index is 12.3. The normalized spacial score (nSPS) is 25.6. The van der Waals surface area contributed by atoms with Crippen LogP contribution in [0, 0.1) is 0 Å². The molecule has 1 aromatic heterocycles. The lowest BCUT2D eigenvalue weighted by atomic mass is 9.97. The predicted molar refractivity (Wildman–Crippen MR) is 76.2 cm³/mol. The fraction of sp³-hybridized carbons (Fsp3) is 0.562. The van der Waals surface area contributed by atoms with Crippen LogP contribution in [-0.2, 0) is 4.74 Å². The molecule has 3 heterocycles. The van der Waals surface area contributed by atoms with Crippen LogP contribution in [-0.4, -0.2) is 28.7 Å². The lowest BCUT2D eigenvalue weighted by Crippen LogP contribution is -2.45. The Morgan fingerprint density at radius 1 is 1.40 bits per heavy atom. The van der Waals surface area contributed by atoms with E-state index >= 15 is 0 Å². The Morgan fingerprint density at radius 3 is 2.80 bits per heavy atom. The Bertz CT molecular complexity index is 524. The molecular formula is C16H21NO3. The molecule has 0 aliphatic carbocycles. The molecule has 1 saturated heterocycles. The van der Waals surface area contributed by atoms with E-state index in [2.05, 4.69) is 6.08 Å². The minimum Gasteiger partial charge on any atom is -0.472 e. The highest BCUT2D eigenvalue weighted by Gasteiger charge is 2.41. The molecule has 3 rings (SSSR count). The molecule has 0 aromatic carbocycles. The molecule has 4 nitrogen and oxygen atoms in total. The van der Waals surface area contributed by atoms with Crippen LogP contribution in [0.5, 0.6) is 0 Å². The number of fused-ring (bicyclic) bond motifs is 2. The third-order valence-corrected chi connectivity index (χ3v) is 3.89. The molecule has 4 heteroatoms. The van der Waals surface area contributed by atoms with Gasteiger partial charge in [0, 0.05) is 11.6 Å². The lowest BCUT2D eigenvalue weighted by Gasteiger charge is -2.35. The third kappa shape index (κ3) is 2.47. The first-order valence-electron chi connectivity index (χ1n) is 7.18. The number of amides is 1. The summed E-state index contributed by atoms with van der Waals surface area (Å²) in [5, 5.41) is 0. The number of rotatable bonds is 1. The minimum absolute atomic E-state index is 0.161. The Morgan fingerprint density at radius 2 is 2.20 bits per heavy atom. The van der Waals surface area contributed by atoms with Crippen molar-refractivity contribution in [1.82, 2.24) is 4.90 Å². The highest BCUT2D eigenvalue weighted by atomic mass is 16.6. The molecule has 2 atom stereocenters. The quantitative estimate of drug-likeness (QED) is 0.782. The number of hydrogen-bond donors (Lipinski definition) is 0. The summed E-state index contributed by atoms with van der Waals surface area (Å²) in [6, 6.07) is 2.40. The average molecular weight is 275 g/mol. The van der Waals surface area contributed by atoms with E-state index in [1.165, 1.54) is 5.57 Å². The highest BCUT2D eigenvalue weighted by molar-refractivity contribution is 5.74. The van der Waals surface area contributed by atoms with Crippen molar-refractivity contribution < 1.29 is 13.9 Å². The first-order chi connectivity index (χ1) is 9.44. The van der Waals surface area contributed by atoms with Crippen molar-refractivity contribution in [2.45, 2.75) is 57.7 Å². The molecule has 2 aliphatic heterocycles. The van der Waals surface area contributed by atoms with Crippen LogP contribution in [0.2, 0.25) is 0 Å². The van der Waals surface area contributed by atoms with Crippen molar-refractivity contribution in [3.63, 3.8) is 0 Å². The monoisotopic (exact) mass is 275 g/mol. The van der Waals surface area contributed by atoms with Crippen LogP contribution in [0.15, 0.2) is 29.1 Å². The fourth-order valence-electron chi connectivity index (χ4n) is 3.09. The van der Waals surface area contributed by atoms with Crippen LogP contribution in [0.4, 0.5) is 4.79 Å². The smallest absolute Gasteiger partial charge is 0.411 e. The molecule has 108 valence electrons. The van der Waals surface area contributed by atoms with Gasteiger partial charge < -0.3 is 9.15 Å². The van der Waals surface area contributed by atoms with Crippen molar-refractivity contribution in [3.05, 3.63) is 30.2 Å². The van der Waals surface area contributed by atoms with Crippen molar-refractivity contribution in [2.75, 3.05) is 0 Å². The van der Waals surface area contributed by atoms with Crippen LogP contribution in [0.3, 0.4) is 0 Å². The van der Waals surface area contributed by atoms with Gasteiger partial charge in [0.2, 0.25) is 0 Å². The Hall–Kier alpha value is -1.71. The molecule has 0 spiro atoms. The summed E-state index contributed by atoms with van der Waals surface area (Å²) >= 11 is 0. The molecule has 1 amide bonds. The fourth-order valence-corrected chi connectivity index (χ4v) is 3.09. The zero-order valence-corrected chi connectivity index (χ0v) is 12.3. The predicted octanol–water partition coefficient (Wildman–Crippen LogP) is 3.83. The summed E-state index contributed by atoms with van der Waals surface area (Å²) in [6.07, 6.45) is 8.42. The molecule has 0 N–H and O–H groups in total. The number of furan rings is 1. The Balaban J connectivity index is 1.79. The van der Waals surface area contributed by atoms with Gasteiger partial charge in [0.1, 0.15) is 5.60 Å². The second-order valence-electron chi connectivity index (χ2n) is 6.59. The first kappa shape index (κ1) is 13.3. The van der Waals surface area contributed by atoms with Gasteiger partial charge in [-0.1, -0.05) is 6.08 Å². The van der Waals surface area contributed by atoms with Crippen LogP contribution < -0.4 is 0 Å². The molecule has 0 radical (unpaired) electrons. The maximum atomic E-state index is 12.3. The largest absolute Gasteiger partial charge is 0.472 e. The molecule has 1 fully saturated rings. The first-order valence-corrected chi connectivity index (χ1v) is 7.18. The van der Waals surface area contributed by atoms with Gasteiger partial charge in [-0.2, -0.15) is 0 Å². The van der Waals surface area contributed by atoms with Crippen LogP contribution in [0.1, 0.15) is 45.6 Å². The van der Waals surface area contributed by atoms with Gasteiger partial charge in [-0.3, -0.25) is 4.90 Å². The third-order valence-electron chi connectivity index (χ3n) is 3.89. The van der Waals surface area contributed by atoms with E-state index in [-0.39, 0.29) is 18.2 Å². The molecule has 0 saturated carbocycles. The highest BCUT2D eigenvalue weighted by Crippen LogP contribution is 2.39. The Kier molecular flexibility index (Phi) is 3.11. The van der Waals surface area contributed by atoms with Crippen molar-refractivity contribution in [2.24, 2.45) is 0 Å². The van der Waals surface area contributed by atoms with Gasteiger partial charge in [-0.05, 0) is 51.7 Å². The number of hydrogen-bond acceptors (Lipinski definition) is 3. The molecular weight excluding hydrogens is 254 g/mol. The lowest BCUT2D eigenvalue weighted by molar-refractivity contribution is 0.0175. The van der Waals surface area contributed by atoms with Gasteiger partial charge in [-0.15, -0.1) is 0 Å². The summed E-state index contributed by atoms with van der Waals surface area (Å²) in [7, 11) is 0. The second-order valence-corrected chi connectivity index (χ2v) is 6.59. The molecule has 20 heavy (non-hydrogen) atoms. The number of nitrogens with zero attached hydrogens (tertiary/aromatic N) is 1. The van der Waals surface area contributed by atoms with Gasteiger partial charge in [0.15, 0.2) is 0 Å². The maximum Gasteiger partial charge on any atom is 0.411 e. The zero-order valence-electron chi connectivity index (χ0n) is 12.3. The topological polar surface area (TPSA) is 42.7 Å². The van der Waals surface area contributed by atoms with Crippen molar-refractivity contribution in [1.29, 1.82) is 0 Å². The van der Waals surface area contributed by atoms with Crippen molar-refractivity contribution >= 4 is 11.7 Å². The van der Waals surface area contributed by atoms with Crippen LogP contribution >= 0.6 is 0 Å². The van der Waals surface area contributed by atoms with Gasteiger partial charge in [0.25, 0.3) is 0 Å². The standard InChI is InChI=1S/C16H21NO3/c1-16(2,3)20-15(18)17-13-4-5-14(17)9-12(8-13)11-6-7-19-10-11/h6-8,10,13-14H,4-5,9H2,1-3H3. The van der Waals surface area contributed by atoms with E-state index in [9.17, 15) is 4.79 Å². The summed E-state index contributed by atoms with van der Waals surface area (Å²) in [6.45, 7) is 5.72. The average Bonchev–Trinajstić information content (AvgIpc) is 2.94. The summed E-state index contributed by atoms with van der Waals surface area (Å²) in [4.78, 5) is 14.2. The summed E-state index contributed by atoms with van der Waals surface area (Å²) in [5.74, 6) is 0. The SMILES string of the molecule is CC(C)(C)OC(=O)N1C2C=C(c3ccoc3)CC1CC2. The minimum atomic E-state index is -0.439. The molecule has 2 aliphatic rings. The molecule has 2 bridgehead atoms. The summed E-state index contributed by atoms with van der Waals surface area (Å²) < 4.78 is 10.7. The van der Waals surface area contributed by atoms with Gasteiger partial charge >= 0.3 is 6.09 Å². The molecule has 2 unspecified atom stereocenters. The van der Waals surface area contributed by atoms with E-state index in [1.807, 2.05) is 31.7 Å². The number of carbonyl (C=O) groups excluding carboxylic acids is 1. The van der Waals surface area contributed by atoms with Gasteiger partial charge in [-0.25, -0.2) is 4.79 Å². The van der Waals surface area contributed by atoms with Gasteiger partial charge in [0.05, 0.1) is 18.6 Å². The number of carbonyl (C=O) groups is 1. The Labute approximate surface area is 119 Å². The number of ether oxygens (including phenoxy) is 1. The second kappa shape index (κ2) is 4.69. The van der Waals surface area contributed by atoms with E-state index in [1.54, 1.807) is 12.5 Å². The summed E-state index contributed by atoms with van der Waals surface area (Å²) in [5.41, 5.74) is 1.97. The van der Waals surface area contributed by atoms with E-state index in [0.717, 1.165) is 24.8 Å². The molecule has 1 aromatic rings. The van der Waals surface area contributed by atoms with E-state index in [4.69, 9.17) is 9.15 Å². The zero-order chi connectivity index (χ0) is 14.3.